The van der Waals surface area contributed by atoms with E-state index in [9.17, 15) is 0 Å². The van der Waals surface area contributed by atoms with Gasteiger partial charge in [-0.2, -0.15) is 0 Å². The summed E-state index contributed by atoms with van der Waals surface area (Å²) in [5.41, 5.74) is 6.86. The molecule has 0 unspecified atom stereocenters. The third-order valence-electron chi connectivity index (χ3n) is 1.45. The van der Waals surface area contributed by atoms with E-state index in [4.69, 9.17) is 5.73 Å². The number of nitrogens with two attached hydrogens (primary N) is 1. The lowest BCUT2D eigenvalue weighted by atomic mass is 10.1. The second-order valence-electron chi connectivity index (χ2n) is 2.45. The maximum atomic E-state index is 5.73. The molecule has 0 aromatic heterocycles. The summed E-state index contributed by atoms with van der Waals surface area (Å²) in [6.45, 7) is 1.96. The molecule has 0 fully saturated rings. The van der Waals surface area contributed by atoms with Crippen LogP contribution < -0.4 is 5.73 Å². The van der Waals surface area contributed by atoms with Crippen LogP contribution in [-0.4, -0.2) is 0 Å². The highest BCUT2D eigenvalue weighted by atomic mass is 79.9. The first kappa shape index (κ1) is 12.4. The molecule has 0 aliphatic heterocycles. The monoisotopic (exact) mass is 313 g/mol. The van der Waals surface area contributed by atoms with E-state index in [-0.39, 0.29) is 18.4 Å². The maximum Gasteiger partial charge on any atom is 0.0277 e. The van der Waals surface area contributed by atoms with Gasteiger partial charge in [-0.05, 0) is 30.7 Å². The molecule has 4 heteroatoms. The first-order valence-electron chi connectivity index (χ1n) is 3.32. The van der Waals surface area contributed by atoms with Crippen LogP contribution in [0.4, 0.5) is 0 Å². The Balaban J connectivity index is 0.00000121. The van der Waals surface area contributed by atoms with Gasteiger partial charge < -0.3 is 5.73 Å². The topological polar surface area (TPSA) is 26.0 Å². The van der Waals surface area contributed by atoms with E-state index in [1.807, 2.05) is 25.1 Å². The van der Waals surface area contributed by atoms with Crippen LogP contribution in [0.3, 0.4) is 0 Å². The fourth-order valence-electron chi connectivity index (χ4n) is 0.864. The van der Waals surface area contributed by atoms with Crippen molar-refractivity contribution >= 4 is 44.3 Å². The zero-order valence-electron chi connectivity index (χ0n) is 6.55. The van der Waals surface area contributed by atoms with Crippen LogP contribution in [0.15, 0.2) is 27.1 Å². The van der Waals surface area contributed by atoms with Crippen molar-refractivity contribution in [3.63, 3.8) is 0 Å². The van der Waals surface area contributed by atoms with Gasteiger partial charge in [0, 0.05) is 15.0 Å². The molecule has 1 rings (SSSR count). The van der Waals surface area contributed by atoms with E-state index in [0.717, 1.165) is 14.5 Å². The minimum atomic E-state index is 0. The van der Waals surface area contributed by atoms with Gasteiger partial charge in [0.2, 0.25) is 0 Å². The minimum Gasteiger partial charge on any atom is -0.324 e. The molecule has 1 aromatic rings. The molecular weight excluding hydrogens is 305 g/mol. The molecule has 0 saturated carbocycles. The van der Waals surface area contributed by atoms with E-state index in [2.05, 4.69) is 31.9 Å². The number of rotatable bonds is 1. The van der Waals surface area contributed by atoms with E-state index >= 15 is 0 Å². The van der Waals surface area contributed by atoms with Crippen molar-refractivity contribution in [3.8, 4) is 0 Å². The summed E-state index contributed by atoms with van der Waals surface area (Å²) in [5, 5.41) is 0. The van der Waals surface area contributed by atoms with Gasteiger partial charge in [0.25, 0.3) is 0 Å². The third-order valence-corrected chi connectivity index (χ3v) is 2.66. The highest BCUT2D eigenvalue weighted by Gasteiger charge is 2.03. The summed E-state index contributed by atoms with van der Waals surface area (Å²) >= 11 is 6.82. The number of benzene rings is 1. The van der Waals surface area contributed by atoms with Crippen LogP contribution in [0.1, 0.15) is 18.5 Å². The van der Waals surface area contributed by atoms with Crippen molar-refractivity contribution in [3.05, 3.63) is 32.7 Å². The largest absolute Gasteiger partial charge is 0.324 e. The Kier molecular flexibility index (Phi) is 5.41. The summed E-state index contributed by atoms with van der Waals surface area (Å²) in [5.74, 6) is 0. The Morgan fingerprint density at radius 3 is 2.33 bits per heavy atom. The Morgan fingerprint density at radius 2 is 1.92 bits per heavy atom. The Labute approximate surface area is 95.4 Å². The lowest BCUT2D eigenvalue weighted by Gasteiger charge is -2.07. The van der Waals surface area contributed by atoms with E-state index < -0.39 is 0 Å². The van der Waals surface area contributed by atoms with Gasteiger partial charge in [-0.25, -0.2) is 0 Å². The number of hydrogen-bond donors (Lipinski definition) is 1. The smallest absolute Gasteiger partial charge is 0.0277 e. The predicted molar refractivity (Wildman–Crippen MR) is 61.7 cm³/mol. The molecule has 0 amide bonds. The molecule has 12 heavy (non-hydrogen) atoms. The van der Waals surface area contributed by atoms with Gasteiger partial charge in [-0.3, -0.25) is 0 Å². The molecular formula is C8H10Br2ClN. The molecule has 0 radical (unpaired) electrons. The third kappa shape index (κ3) is 3.05. The number of halogens is 3. The zero-order valence-corrected chi connectivity index (χ0v) is 10.5. The van der Waals surface area contributed by atoms with E-state index in [1.54, 1.807) is 0 Å². The maximum absolute atomic E-state index is 5.73. The van der Waals surface area contributed by atoms with Crippen molar-refractivity contribution in [1.82, 2.24) is 0 Å². The lowest BCUT2D eigenvalue weighted by Crippen LogP contribution is -2.05. The summed E-state index contributed by atoms with van der Waals surface area (Å²) < 4.78 is 2.13. The standard InChI is InChI=1S/C8H9Br2N.ClH/c1-5(11)7-4-6(9)2-3-8(7)10;/h2-5H,11H2,1H3;1H/t5-;/m0./s1. The molecule has 0 heterocycles. The Hall–Kier alpha value is 0.430. The fourth-order valence-corrected chi connectivity index (χ4v) is 1.85. The predicted octanol–water partition coefficient (Wildman–Crippen LogP) is 3.65. The molecule has 68 valence electrons. The quantitative estimate of drug-likeness (QED) is 0.841. The van der Waals surface area contributed by atoms with Gasteiger partial charge in [-0.15, -0.1) is 12.4 Å². The van der Waals surface area contributed by atoms with Crippen molar-refractivity contribution in [2.45, 2.75) is 13.0 Å². The molecule has 1 nitrogen and oxygen atoms in total. The van der Waals surface area contributed by atoms with Crippen LogP contribution in [-0.2, 0) is 0 Å². The van der Waals surface area contributed by atoms with Crippen LogP contribution >= 0.6 is 44.3 Å². The highest BCUT2D eigenvalue weighted by Crippen LogP contribution is 2.25. The van der Waals surface area contributed by atoms with Gasteiger partial charge >= 0.3 is 0 Å². The van der Waals surface area contributed by atoms with E-state index in [0.29, 0.717) is 0 Å². The van der Waals surface area contributed by atoms with Crippen LogP contribution in [0.25, 0.3) is 0 Å². The molecule has 1 atom stereocenters. The first-order chi connectivity index (χ1) is 5.11. The van der Waals surface area contributed by atoms with Crippen molar-refractivity contribution < 1.29 is 0 Å². The van der Waals surface area contributed by atoms with Crippen molar-refractivity contribution in [2.75, 3.05) is 0 Å². The second-order valence-corrected chi connectivity index (χ2v) is 4.22. The SMILES string of the molecule is C[C@H](N)c1cc(Br)ccc1Br.Cl. The summed E-state index contributed by atoms with van der Waals surface area (Å²) in [6.07, 6.45) is 0. The molecule has 0 spiro atoms. The molecule has 1 aromatic carbocycles. The summed E-state index contributed by atoms with van der Waals surface area (Å²) in [6, 6.07) is 6.06. The minimum absolute atomic E-state index is 0. The molecule has 0 bridgehead atoms. The van der Waals surface area contributed by atoms with Gasteiger partial charge in [0.05, 0.1) is 0 Å². The average Bonchev–Trinajstić information content (AvgIpc) is 1.94. The second kappa shape index (κ2) is 5.22. The van der Waals surface area contributed by atoms with E-state index in [1.165, 1.54) is 0 Å². The number of hydrogen-bond acceptors (Lipinski definition) is 1. The van der Waals surface area contributed by atoms with Crippen LogP contribution in [0.5, 0.6) is 0 Å². The Morgan fingerprint density at radius 1 is 1.33 bits per heavy atom. The normalized spacial score (nSPS) is 12.0. The van der Waals surface area contributed by atoms with Gasteiger partial charge in [-0.1, -0.05) is 31.9 Å². The lowest BCUT2D eigenvalue weighted by molar-refractivity contribution is 0.812. The van der Waals surface area contributed by atoms with Gasteiger partial charge in [0.15, 0.2) is 0 Å². The highest BCUT2D eigenvalue weighted by molar-refractivity contribution is 9.11. The first-order valence-corrected chi connectivity index (χ1v) is 4.90. The Bertz CT molecular complexity index is 263. The van der Waals surface area contributed by atoms with Crippen LogP contribution in [0, 0.1) is 0 Å². The van der Waals surface area contributed by atoms with Gasteiger partial charge in [0.1, 0.15) is 0 Å². The molecule has 0 aliphatic carbocycles. The summed E-state index contributed by atoms with van der Waals surface area (Å²) in [7, 11) is 0. The molecule has 0 saturated heterocycles. The molecule has 0 aliphatic rings. The summed E-state index contributed by atoms with van der Waals surface area (Å²) in [4.78, 5) is 0. The molecule has 2 N–H and O–H groups in total. The zero-order chi connectivity index (χ0) is 8.43. The average molecular weight is 315 g/mol. The van der Waals surface area contributed by atoms with Crippen LogP contribution in [0.2, 0.25) is 0 Å². The van der Waals surface area contributed by atoms with Crippen molar-refractivity contribution in [1.29, 1.82) is 0 Å². The van der Waals surface area contributed by atoms with Crippen molar-refractivity contribution in [2.24, 2.45) is 5.73 Å². The fraction of sp³-hybridized carbons (Fsp3) is 0.250.